The minimum atomic E-state index is -1.69. The average Bonchev–Trinajstić information content (AvgIpc) is 3.28. The highest BCUT2D eigenvalue weighted by molar-refractivity contribution is 8.01. The van der Waals surface area contributed by atoms with Gasteiger partial charge in [0.1, 0.15) is 29.9 Å². The summed E-state index contributed by atoms with van der Waals surface area (Å²) in [5.74, 6) is -1.36. The number of hydrogen-bond acceptors (Lipinski definition) is 12. The minimum absolute atomic E-state index is 0.251. The summed E-state index contributed by atoms with van der Waals surface area (Å²) in [6.45, 7) is 3.08. The van der Waals surface area contributed by atoms with Gasteiger partial charge in [0, 0.05) is 31.7 Å². The highest BCUT2D eigenvalue weighted by Crippen LogP contribution is 2.40. The molecule has 40 heavy (non-hydrogen) atoms. The molecule has 1 aromatic heterocycles. The van der Waals surface area contributed by atoms with Crippen LogP contribution < -0.4 is 5.84 Å². The summed E-state index contributed by atoms with van der Waals surface area (Å²) >= 11 is 8.45. The van der Waals surface area contributed by atoms with Crippen LogP contribution in [0, 0.1) is 17.5 Å². The largest absolute Gasteiger partial charge is 0.463 e. The second kappa shape index (κ2) is 14.0. The molecule has 0 aliphatic carbocycles. The summed E-state index contributed by atoms with van der Waals surface area (Å²) in [6.07, 6.45) is -2.57. The lowest BCUT2D eigenvalue weighted by Crippen LogP contribution is -2.59. The first-order valence-electron chi connectivity index (χ1n) is 11.4. The number of aliphatic imine (C=N–C) groups is 1. The van der Waals surface area contributed by atoms with Crippen molar-refractivity contribution in [1.82, 2.24) is 0 Å². The first-order valence-corrected chi connectivity index (χ1v) is 13.5. The molecule has 1 saturated heterocycles. The molecule has 1 fully saturated rings. The van der Waals surface area contributed by atoms with Gasteiger partial charge in [-0.3, -0.25) is 19.4 Å². The Morgan fingerprint density at radius 3 is 2.23 bits per heavy atom. The summed E-state index contributed by atoms with van der Waals surface area (Å²) in [5.41, 5.74) is -1.51. The number of esters is 3. The smallest absolute Gasteiger partial charge is 0.303 e. The van der Waals surface area contributed by atoms with Crippen LogP contribution in [-0.4, -0.2) is 66.2 Å². The third-order valence-electron chi connectivity index (χ3n) is 5.24. The number of benzene rings is 1. The Hall–Kier alpha value is -3.14. The van der Waals surface area contributed by atoms with E-state index < -0.39 is 65.1 Å². The first kappa shape index (κ1) is 31.4. The van der Waals surface area contributed by atoms with Crippen molar-refractivity contribution in [3.63, 3.8) is 0 Å². The van der Waals surface area contributed by atoms with Gasteiger partial charge < -0.3 is 24.8 Å². The molecule has 1 aliphatic rings. The lowest BCUT2D eigenvalue weighted by molar-refractivity contribution is -0.200. The number of thiophene rings is 1. The van der Waals surface area contributed by atoms with E-state index >= 15 is 0 Å². The monoisotopic (exact) mass is 621 g/mol. The van der Waals surface area contributed by atoms with E-state index in [1.165, 1.54) is 18.3 Å². The number of hydrogen-bond donors (Lipinski definition) is 1. The highest BCUT2D eigenvalue weighted by Gasteiger charge is 2.50. The van der Waals surface area contributed by atoms with Crippen molar-refractivity contribution in [2.75, 3.05) is 6.61 Å². The maximum absolute atomic E-state index is 13.9. The second-order valence-electron chi connectivity index (χ2n) is 8.23. The zero-order chi connectivity index (χ0) is 29.6. The third kappa shape index (κ3) is 8.19. The number of thioether (sulfide) groups is 1. The van der Waals surface area contributed by atoms with Crippen molar-refractivity contribution in [3.05, 3.63) is 51.6 Å². The van der Waals surface area contributed by atoms with Gasteiger partial charge in [-0.2, -0.15) is 5.10 Å². The molecule has 0 spiro atoms. The van der Waals surface area contributed by atoms with Crippen LogP contribution in [0.5, 0.6) is 0 Å². The van der Waals surface area contributed by atoms with Crippen LogP contribution in [-0.2, 0) is 33.3 Å². The third-order valence-corrected chi connectivity index (χ3v) is 7.84. The van der Waals surface area contributed by atoms with Crippen molar-refractivity contribution in [2.45, 2.75) is 54.8 Å². The minimum Gasteiger partial charge on any atom is -0.463 e. The van der Waals surface area contributed by atoms with Gasteiger partial charge in [0.05, 0.1) is 15.4 Å². The molecule has 2 aromatic rings. The predicted octanol–water partition coefficient (Wildman–Crippen LogP) is 3.86. The molecule has 2 heterocycles. The first-order chi connectivity index (χ1) is 18.9. The van der Waals surface area contributed by atoms with Crippen LogP contribution in [0.4, 0.5) is 13.2 Å². The van der Waals surface area contributed by atoms with Gasteiger partial charge in [0.25, 0.3) is 0 Å². The summed E-state index contributed by atoms with van der Waals surface area (Å²) in [4.78, 5) is 40.1. The summed E-state index contributed by atoms with van der Waals surface area (Å²) < 4.78 is 64.1. The molecule has 2 N–H and O–H groups in total. The zero-order valence-corrected chi connectivity index (χ0v) is 23.5. The standard InChI is InChI=1S/C24H23ClF3N3O7S2/c1-10(32)35-8-18-22(36-11(2)33)21(30-7-17(31-29)13-4-15(26)20(28)16(27)5-13)23(37-12(3)34)24(38-18)40-19-6-14(25)9-39-19/h4-7,9,18,21-24H,8,29H2,1-3H3/t18?,21?,22-,23?,24+/m0/s1. The molecular weight excluding hydrogens is 599 g/mol. The number of ether oxygens (including phenoxy) is 4. The Kier molecular flexibility index (Phi) is 11.0. The van der Waals surface area contributed by atoms with Gasteiger partial charge in [-0.15, -0.1) is 11.3 Å². The van der Waals surface area contributed by atoms with E-state index in [9.17, 15) is 27.6 Å². The van der Waals surface area contributed by atoms with Crippen LogP contribution in [0.25, 0.3) is 0 Å². The fourth-order valence-corrected chi connectivity index (χ4v) is 6.15. The zero-order valence-electron chi connectivity index (χ0n) is 21.1. The summed E-state index contributed by atoms with van der Waals surface area (Å²) in [7, 11) is 0. The quantitative estimate of drug-likeness (QED) is 0.110. The molecule has 0 bridgehead atoms. The molecule has 1 aliphatic heterocycles. The molecule has 10 nitrogen and oxygen atoms in total. The molecule has 0 amide bonds. The summed E-state index contributed by atoms with van der Waals surface area (Å²) in [5, 5.41) is 5.60. The maximum Gasteiger partial charge on any atom is 0.303 e. The number of carbonyl (C=O) groups is 3. The molecule has 3 unspecified atom stereocenters. The Morgan fingerprint density at radius 2 is 1.70 bits per heavy atom. The van der Waals surface area contributed by atoms with Gasteiger partial charge in [-0.25, -0.2) is 13.2 Å². The normalized spacial score (nSPS) is 23.2. The molecule has 1 aromatic carbocycles. The Balaban J connectivity index is 2.08. The van der Waals surface area contributed by atoms with Crippen LogP contribution in [0.1, 0.15) is 26.3 Å². The van der Waals surface area contributed by atoms with Gasteiger partial charge in [0.2, 0.25) is 0 Å². The Bertz CT molecular complexity index is 1300. The van der Waals surface area contributed by atoms with Crippen molar-refractivity contribution in [1.29, 1.82) is 0 Å². The van der Waals surface area contributed by atoms with Crippen molar-refractivity contribution in [3.8, 4) is 0 Å². The maximum atomic E-state index is 13.9. The average molecular weight is 622 g/mol. The lowest BCUT2D eigenvalue weighted by atomic mass is 9.97. The van der Waals surface area contributed by atoms with Crippen molar-refractivity contribution >= 4 is 64.5 Å². The van der Waals surface area contributed by atoms with E-state index in [0.29, 0.717) is 21.4 Å². The van der Waals surface area contributed by atoms with Crippen molar-refractivity contribution in [2.24, 2.45) is 15.9 Å². The van der Waals surface area contributed by atoms with E-state index in [1.54, 1.807) is 11.4 Å². The van der Waals surface area contributed by atoms with Gasteiger partial charge >= 0.3 is 17.9 Å². The van der Waals surface area contributed by atoms with Gasteiger partial charge in [-0.05, 0) is 18.2 Å². The molecule has 5 atom stereocenters. The van der Waals surface area contributed by atoms with E-state index in [0.717, 1.165) is 31.8 Å². The SMILES string of the molecule is CC(=O)OCC1O[C@H](Sc2cc(Cl)cs2)C(OC(C)=O)C(N=CC(=NN)c2cc(F)c(F)c(F)c2)[C@H]1OC(C)=O. The topological polar surface area (TPSA) is 139 Å². The molecule has 3 rings (SSSR count). The van der Waals surface area contributed by atoms with Crippen LogP contribution >= 0.6 is 34.7 Å². The fraction of sp³-hybridized carbons (Fsp3) is 0.375. The number of nitrogens with zero attached hydrogens (tertiary/aromatic N) is 2. The molecule has 0 saturated carbocycles. The lowest BCUT2D eigenvalue weighted by Gasteiger charge is -2.43. The van der Waals surface area contributed by atoms with E-state index in [1.807, 2.05) is 0 Å². The summed E-state index contributed by atoms with van der Waals surface area (Å²) in [6, 6.07) is 1.76. The Labute approximate surface area is 239 Å². The van der Waals surface area contributed by atoms with Crippen molar-refractivity contribution < 1.29 is 46.5 Å². The number of hydrazone groups is 1. The molecular formula is C24H23ClF3N3O7S2. The van der Waals surface area contributed by atoms with Crippen LogP contribution in [0.3, 0.4) is 0 Å². The predicted molar refractivity (Wildman–Crippen MR) is 141 cm³/mol. The molecule has 0 radical (unpaired) electrons. The molecule has 216 valence electrons. The fourth-order valence-electron chi connectivity index (χ4n) is 3.66. The van der Waals surface area contributed by atoms with Gasteiger partial charge in [0.15, 0.2) is 29.7 Å². The van der Waals surface area contributed by atoms with Crippen LogP contribution in [0.2, 0.25) is 5.02 Å². The van der Waals surface area contributed by atoms with Gasteiger partial charge in [-0.1, -0.05) is 23.4 Å². The number of halogens is 4. The molecule has 16 heteroatoms. The number of nitrogens with two attached hydrogens (primary N) is 1. The number of rotatable bonds is 9. The highest BCUT2D eigenvalue weighted by atomic mass is 35.5. The Morgan fingerprint density at radius 1 is 1.07 bits per heavy atom. The van der Waals surface area contributed by atoms with E-state index in [-0.39, 0.29) is 17.9 Å². The van der Waals surface area contributed by atoms with E-state index in [2.05, 4.69) is 10.1 Å². The second-order valence-corrected chi connectivity index (χ2v) is 11.0. The number of carbonyl (C=O) groups excluding carboxylic acids is 3. The van der Waals surface area contributed by atoms with E-state index in [4.69, 9.17) is 36.4 Å². The van der Waals surface area contributed by atoms with Crippen LogP contribution in [0.15, 0.2) is 37.9 Å².